The maximum atomic E-state index is 12.9. The predicted molar refractivity (Wildman–Crippen MR) is 330 cm³/mol. The van der Waals surface area contributed by atoms with Gasteiger partial charge in [0.2, 0.25) is 0 Å². The fourth-order valence-electron chi connectivity index (χ4n) is 9.27. The fraction of sp³-hybridized carbons (Fsp3) is 0.757. The van der Waals surface area contributed by atoms with Crippen molar-refractivity contribution in [2.45, 2.75) is 329 Å². The van der Waals surface area contributed by atoms with Crippen molar-refractivity contribution >= 4 is 17.9 Å². The van der Waals surface area contributed by atoms with E-state index in [1.807, 2.05) is 0 Å². The molecule has 6 heteroatoms. The second kappa shape index (κ2) is 64.1. The molecule has 0 radical (unpaired) electrons. The third-order valence-corrected chi connectivity index (χ3v) is 14.1. The first-order valence-electron chi connectivity index (χ1n) is 32.6. The van der Waals surface area contributed by atoms with Crippen LogP contribution in [0, 0.1) is 0 Å². The maximum Gasteiger partial charge on any atom is 0.306 e. The van der Waals surface area contributed by atoms with Crippen LogP contribution in [0.5, 0.6) is 0 Å². The highest BCUT2D eigenvalue weighted by molar-refractivity contribution is 5.71. The molecule has 0 aliphatic heterocycles. The van der Waals surface area contributed by atoms with Gasteiger partial charge in [0.25, 0.3) is 0 Å². The van der Waals surface area contributed by atoms with Gasteiger partial charge in [0, 0.05) is 19.3 Å². The van der Waals surface area contributed by atoms with Gasteiger partial charge < -0.3 is 14.2 Å². The summed E-state index contributed by atoms with van der Waals surface area (Å²) in [7, 11) is 0. The second-order valence-corrected chi connectivity index (χ2v) is 21.6. The molecule has 0 aliphatic rings. The molecular formula is C70H122O6. The van der Waals surface area contributed by atoms with Crippen LogP contribution in [0.1, 0.15) is 323 Å². The van der Waals surface area contributed by atoms with E-state index < -0.39 is 6.10 Å². The lowest BCUT2D eigenvalue weighted by atomic mass is 10.0. The van der Waals surface area contributed by atoms with Crippen molar-refractivity contribution in [2.75, 3.05) is 13.2 Å². The van der Waals surface area contributed by atoms with Crippen LogP contribution in [-0.2, 0) is 28.6 Å². The number of unbranched alkanes of at least 4 members (excludes halogenated alkanes) is 34. The van der Waals surface area contributed by atoms with Crippen LogP contribution in [-0.4, -0.2) is 37.2 Å². The molecule has 6 nitrogen and oxygen atoms in total. The molecule has 0 heterocycles. The van der Waals surface area contributed by atoms with Crippen molar-refractivity contribution in [3.05, 3.63) is 85.1 Å². The Morgan fingerprint density at radius 3 is 0.829 bits per heavy atom. The molecule has 76 heavy (non-hydrogen) atoms. The first kappa shape index (κ1) is 72.6. The minimum absolute atomic E-state index is 0.0761. The van der Waals surface area contributed by atoms with Crippen LogP contribution < -0.4 is 0 Å². The number of ether oxygens (including phenoxy) is 3. The Balaban J connectivity index is 4.20. The number of allylic oxidation sites excluding steroid dienone is 14. The number of carbonyl (C=O) groups excluding carboxylic acids is 3. The molecule has 1 unspecified atom stereocenters. The van der Waals surface area contributed by atoms with Gasteiger partial charge in [-0.2, -0.15) is 0 Å². The fourth-order valence-corrected chi connectivity index (χ4v) is 9.27. The summed E-state index contributed by atoms with van der Waals surface area (Å²) in [6, 6.07) is 0. The SMILES string of the molecule is CC/C=C\C/C=C\C/C=C\C/C=C\C/C=C\C/C=C\CCCCCCCCCCCCCCC(=O)OCC(COC(=O)CCCCCCC/C=C\CCCCCC)OC(=O)CCCCCCCCCCCCCCCC. The first-order chi connectivity index (χ1) is 37.5. The molecule has 0 fully saturated rings. The summed E-state index contributed by atoms with van der Waals surface area (Å²) in [6.45, 7) is 6.53. The third-order valence-electron chi connectivity index (χ3n) is 14.1. The molecule has 0 aliphatic carbocycles. The number of hydrogen-bond donors (Lipinski definition) is 0. The lowest BCUT2D eigenvalue weighted by Crippen LogP contribution is -2.30. The second-order valence-electron chi connectivity index (χ2n) is 21.6. The van der Waals surface area contributed by atoms with Gasteiger partial charge in [0.1, 0.15) is 13.2 Å². The summed E-state index contributed by atoms with van der Waals surface area (Å²) in [5.41, 5.74) is 0. The Hall–Kier alpha value is -3.41. The van der Waals surface area contributed by atoms with E-state index in [0.717, 1.165) is 103 Å². The zero-order valence-corrected chi connectivity index (χ0v) is 50.3. The van der Waals surface area contributed by atoms with Gasteiger partial charge in [-0.3, -0.25) is 14.4 Å². The Bertz CT molecular complexity index is 1450. The van der Waals surface area contributed by atoms with Gasteiger partial charge in [0.05, 0.1) is 0 Å². The molecule has 1 atom stereocenters. The third kappa shape index (κ3) is 61.4. The van der Waals surface area contributed by atoms with Gasteiger partial charge in [-0.1, -0.05) is 292 Å². The van der Waals surface area contributed by atoms with Crippen LogP contribution in [0.25, 0.3) is 0 Å². The molecule has 0 amide bonds. The van der Waals surface area contributed by atoms with E-state index in [1.54, 1.807) is 0 Å². The molecule has 0 bridgehead atoms. The van der Waals surface area contributed by atoms with Crippen molar-refractivity contribution in [1.29, 1.82) is 0 Å². The average molecular weight is 1060 g/mol. The summed E-state index contributed by atoms with van der Waals surface area (Å²) in [4.78, 5) is 38.2. The molecule has 0 aromatic carbocycles. The number of hydrogen-bond acceptors (Lipinski definition) is 6. The maximum absolute atomic E-state index is 12.9. The average Bonchev–Trinajstić information content (AvgIpc) is 3.42. The number of rotatable bonds is 59. The van der Waals surface area contributed by atoms with Crippen molar-refractivity contribution < 1.29 is 28.6 Å². The molecule has 0 rings (SSSR count). The Morgan fingerprint density at radius 1 is 0.276 bits per heavy atom. The smallest absolute Gasteiger partial charge is 0.306 e. The van der Waals surface area contributed by atoms with Crippen LogP contribution in [0.2, 0.25) is 0 Å². The van der Waals surface area contributed by atoms with Gasteiger partial charge >= 0.3 is 17.9 Å². The van der Waals surface area contributed by atoms with E-state index in [9.17, 15) is 14.4 Å². The monoisotopic (exact) mass is 1060 g/mol. The molecule has 0 saturated heterocycles. The zero-order valence-electron chi connectivity index (χ0n) is 50.3. The Morgan fingerprint density at radius 2 is 0.513 bits per heavy atom. The van der Waals surface area contributed by atoms with E-state index in [4.69, 9.17) is 14.2 Å². The standard InChI is InChI=1S/C70H122O6/c1-4-7-10-13-16-19-22-25-27-28-29-30-31-32-33-34-35-36-37-38-39-40-41-42-43-46-48-51-54-57-60-63-69(72)75-66-67(65-74-68(71)62-59-56-53-50-47-44-24-21-18-15-12-9-6-3)76-70(73)64-61-58-55-52-49-45-26-23-20-17-14-11-8-5-2/h7,10,16,19,21,24-25,27,29-30,32-33,35-36,67H,4-6,8-9,11-15,17-18,20,22-23,26,28,31,34,37-66H2,1-3H3/b10-7-,19-16-,24-21-,27-25-,30-29-,33-32-,36-35-. The van der Waals surface area contributed by atoms with E-state index in [1.165, 1.54) is 180 Å². The van der Waals surface area contributed by atoms with Crippen molar-refractivity contribution in [1.82, 2.24) is 0 Å². The normalized spacial score (nSPS) is 12.6. The van der Waals surface area contributed by atoms with Gasteiger partial charge in [0.15, 0.2) is 6.10 Å². The molecule has 0 aromatic heterocycles. The summed E-state index contributed by atoms with van der Waals surface area (Å²) < 4.78 is 16.9. The van der Waals surface area contributed by atoms with Crippen LogP contribution in [0.3, 0.4) is 0 Å². The summed E-state index contributed by atoms with van der Waals surface area (Å²) in [6.07, 6.45) is 84.5. The quantitative estimate of drug-likeness (QED) is 0.0261. The molecule has 0 N–H and O–H groups in total. The van der Waals surface area contributed by atoms with E-state index in [0.29, 0.717) is 19.3 Å². The van der Waals surface area contributed by atoms with Crippen LogP contribution in [0.4, 0.5) is 0 Å². The lowest BCUT2D eigenvalue weighted by molar-refractivity contribution is -0.167. The summed E-state index contributed by atoms with van der Waals surface area (Å²) in [5, 5.41) is 0. The predicted octanol–water partition coefficient (Wildman–Crippen LogP) is 22.3. The number of esters is 3. The van der Waals surface area contributed by atoms with E-state index in [-0.39, 0.29) is 31.1 Å². The van der Waals surface area contributed by atoms with Gasteiger partial charge in [-0.25, -0.2) is 0 Å². The molecule has 0 aromatic rings. The van der Waals surface area contributed by atoms with Gasteiger partial charge in [-0.15, -0.1) is 0 Å². The van der Waals surface area contributed by atoms with Crippen LogP contribution >= 0.6 is 0 Å². The largest absolute Gasteiger partial charge is 0.462 e. The number of carbonyl (C=O) groups is 3. The van der Waals surface area contributed by atoms with Crippen molar-refractivity contribution in [2.24, 2.45) is 0 Å². The molecule has 0 saturated carbocycles. The molecule has 0 spiro atoms. The lowest BCUT2D eigenvalue weighted by Gasteiger charge is -2.18. The molecular weight excluding hydrogens is 937 g/mol. The van der Waals surface area contributed by atoms with Crippen LogP contribution in [0.15, 0.2) is 85.1 Å². The highest BCUT2D eigenvalue weighted by Crippen LogP contribution is 2.17. The first-order valence-corrected chi connectivity index (χ1v) is 32.6. The summed E-state index contributed by atoms with van der Waals surface area (Å²) >= 11 is 0. The van der Waals surface area contributed by atoms with E-state index >= 15 is 0 Å². The van der Waals surface area contributed by atoms with Gasteiger partial charge in [-0.05, 0) is 96.3 Å². The minimum atomic E-state index is -0.778. The Labute approximate surface area is 471 Å². The highest BCUT2D eigenvalue weighted by atomic mass is 16.6. The highest BCUT2D eigenvalue weighted by Gasteiger charge is 2.19. The Kier molecular flexibility index (Phi) is 61.2. The zero-order chi connectivity index (χ0) is 55.0. The van der Waals surface area contributed by atoms with Crippen molar-refractivity contribution in [3.63, 3.8) is 0 Å². The van der Waals surface area contributed by atoms with Crippen molar-refractivity contribution in [3.8, 4) is 0 Å². The molecule has 438 valence electrons. The summed E-state index contributed by atoms with van der Waals surface area (Å²) in [5.74, 6) is -0.872. The topological polar surface area (TPSA) is 78.9 Å². The van der Waals surface area contributed by atoms with E-state index in [2.05, 4.69) is 106 Å². The minimum Gasteiger partial charge on any atom is -0.462 e.